The van der Waals surface area contributed by atoms with Crippen LogP contribution < -0.4 is 10.3 Å². The van der Waals surface area contributed by atoms with Crippen LogP contribution in [0.3, 0.4) is 0 Å². The lowest BCUT2D eigenvalue weighted by atomic mass is 10.1. The monoisotopic (exact) mass is 383 g/mol. The van der Waals surface area contributed by atoms with Crippen molar-refractivity contribution in [3.63, 3.8) is 0 Å². The highest BCUT2D eigenvalue weighted by molar-refractivity contribution is 7.91. The second kappa shape index (κ2) is 9.02. The maximum absolute atomic E-state index is 11.7. The van der Waals surface area contributed by atoms with Crippen molar-refractivity contribution in [1.29, 1.82) is 0 Å². The average molecular weight is 383 g/mol. The third-order valence-electron chi connectivity index (χ3n) is 3.53. The third kappa shape index (κ3) is 6.89. The number of benzene rings is 1. The number of aromatic amines is 1. The molecule has 2 aromatic rings. The molecule has 0 spiro atoms. The van der Waals surface area contributed by atoms with E-state index in [-0.39, 0.29) is 17.1 Å². The van der Waals surface area contributed by atoms with Gasteiger partial charge in [0.2, 0.25) is 10.0 Å². The number of aryl methyl sites for hydroxylation is 1. The number of aromatic nitrogens is 2. The molecule has 2 N–H and O–H groups in total. The number of H-pyrrole nitrogens is 1. The number of hydrogen-bond donors (Lipinski definition) is 2. The highest BCUT2D eigenvalue weighted by Gasteiger charge is 2.10. The Balaban J connectivity index is 1.81. The highest BCUT2D eigenvalue weighted by Crippen LogP contribution is 2.16. The van der Waals surface area contributed by atoms with Gasteiger partial charge < -0.3 is 0 Å². The Morgan fingerprint density at radius 1 is 1.16 bits per heavy atom. The first-order valence-corrected chi connectivity index (χ1v) is 11.2. The second-order valence-corrected chi connectivity index (χ2v) is 9.08. The van der Waals surface area contributed by atoms with Crippen LogP contribution in [0, 0.1) is 0 Å². The summed E-state index contributed by atoms with van der Waals surface area (Å²) in [6, 6.07) is 10.8. The van der Waals surface area contributed by atoms with E-state index in [1.54, 1.807) is 6.07 Å². The molecular formula is C16H21N3O4S2. The fourth-order valence-electron chi connectivity index (χ4n) is 2.17. The summed E-state index contributed by atoms with van der Waals surface area (Å²) in [4.78, 5) is 11.0. The van der Waals surface area contributed by atoms with Gasteiger partial charge in [0.25, 0.3) is 5.56 Å². The van der Waals surface area contributed by atoms with Crippen LogP contribution in [0.1, 0.15) is 12.0 Å². The maximum atomic E-state index is 11.7. The first-order chi connectivity index (χ1) is 11.9. The summed E-state index contributed by atoms with van der Waals surface area (Å²) in [5, 5.41) is 6.37. The van der Waals surface area contributed by atoms with Crippen LogP contribution in [0.15, 0.2) is 41.2 Å². The van der Waals surface area contributed by atoms with Crippen LogP contribution >= 0.6 is 0 Å². The molecular weight excluding hydrogens is 362 g/mol. The quantitative estimate of drug-likeness (QED) is 0.619. The van der Waals surface area contributed by atoms with Crippen molar-refractivity contribution in [1.82, 2.24) is 14.9 Å². The average Bonchev–Trinajstić information content (AvgIpc) is 2.58. The van der Waals surface area contributed by atoms with Crippen LogP contribution in [0.2, 0.25) is 0 Å². The summed E-state index contributed by atoms with van der Waals surface area (Å²) in [5.74, 6) is 0.0343. The minimum atomic E-state index is -3.36. The van der Waals surface area contributed by atoms with Crippen molar-refractivity contribution in [3.05, 3.63) is 52.3 Å². The number of nitrogens with one attached hydrogen (secondary N) is 2. The van der Waals surface area contributed by atoms with Crippen molar-refractivity contribution in [3.8, 4) is 11.3 Å². The van der Waals surface area contributed by atoms with Crippen LogP contribution in [-0.2, 0) is 27.2 Å². The van der Waals surface area contributed by atoms with E-state index in [1.807, 2.05) is 24.3 Å². The predicted molar refractivity (Wildman–Crippen MR) is 99.3 cm³/mol. The normalized spacial score (nSPS) is 12.8. The summed E-state index contributed by atoms with van der Waals surface area (Å²) in [6.07, 6.45) is 2.90. The molecule has 0 fully saturated rings. The topological polar surface area (TPSA) is 109 Å². The number of rotatable bonds is 9. The van der Waals surface area contributed by atoms with Crippen LogP contribution in [0.25, 0.3) is 11.3 Å². The molecule has 0 amide bonds. The van der Waals surface area contributed by atoms with Crippen LogP contribution in [-0.4, -0.2) is 47.1 Å². The van der Waals surface area contributed by atoms with Gasteiger partial charge in [0, 0.05) is 41.0 Å². The molecule has 1 heterocycles. The number of hydrogen-bond acceptors (Lipinski definition) is 5. The zero-order valence-corrected chi connectivity index (χ0v) is 15.5. The molecule has 0 bridgehead atoms. The first-order valence-electron chi connectivity index (χ1n) is 7.78. The zero-order valence-electron chi connectivity index (χ0n) is 13.9. The van der Waals surface area contributed by atoms with Gasteiger partial charge in [-0.3, -0.25) is 9.00 Å². The molecule has 0 aliphatic carbocycles. The minimum absolute atomic E-state index is 0.114. The summed E-state index contributed by atoms with van der Waals surface area (Å²) in [6.45, 7) is 0.349. The van der Waals surface area contributed by atoms with E-state index in [4.69, 9.17) is 0 Å². The van der Waals surface area contributed by atoms with E-state index in [9.17, 15) is 17.4 Å². The molecule has 1 unspecified atom stereocenters. The molecule has 136 valence electrons. The van der Waals surface area contributed by atoms with Crippen molar-refractivity contribution in [2.75, 3.05) is 24.3 Å². The first kappa shape index (κ1) is 19.5. The van der Waals surface area contributed by atoms with E-state index >= 15 is 0 Å². The van der Waals surface area contributed by atoms with Gasteiger partial charge in [-0.25, -0.2) is 18.2 Å². The van der Waals surface area contributed by atoms with Crippen molar-refractivity contribution in [2.45, 2.75) is 12.8 Å². The van der Waals surface area contributed by atoms with E-state index in [2.05, 4.69) is 14.9 Å². The molecule has 25 heavy (non-hydrogen) atoms. The highest BCUT2D eigenvalue weighted by atomic mass is 32.2. The number of sulfonamides is 1. The van der Waals surface area contributed by atoms with E-state index < -0.39 is 20.8 Å². The van der Waals surface area contributed by atoms with Gasteiger partial charge in [0.1, 0.15) is 0 Å². The molecule has 7 nitrogen and oxygen atoms in total. The Hall–Kier alpha value is -1.84. The summed E-state index contributed by atoms with van der Waals surface area (Å²) in [5.41, 5.74) is 2.43. The van der Waals surface area contributed by atoms with Gasteiger partial charge in [0.05, 0.1) is 11.4 Å². The molecule has 1 aromatic heterocycles. The van der Waals surface area contributed by atoms with Crippen LogP contribution in [0.5, 0.6) is 0 Å². The van der Waals surface area contributed by atoms with Crippen molar-refractivity contribution < 1.29 is 12.6 Å². The Kier molecular flexibility index (Phi) is 7.03. The minimum Gasteiger partial charge on any atom is -0.268 e. The molecule has 0 aliphatic rings. The van der Waals surface area contributed by atoms with Gasteiger partial charge in [0.15, 0.2) is 0 Å². The molecule has 0 saturated carbocycles. The number of nitrogens with zero attached hydrogens (tertiary/aromatic N) is 1. The Morgan fingerprint density at radius 2 is 1.88 bits per heavy atom. The molecule has 1 atom stereocenters. The lowest BCUT2D eigenvalue weighted by Gasteiger charge is -2.07. The van der Waals surface area contributed by atoms with E-state index in [0.29, 0.717) is 18.7 Å². The smallest absolute Gasteiger partial charge is 0.264 e. The second-order valence-electron chi connectivity index (χ2n) is 5.60. The van der Waals surface area contributed by atoms with Gasteiger partial charge in [-0.05, 0) is 24.5 Å². The molecule has 1 aromatic carbocycles. The summed E-state index contributed by atoms with van der Waals surface area (Å²) < 4.78 is 36.9. The Morgan fingerprint density at radius 3 is 2.48 bits per heavy atom. The van der Waals surface area contributed by atoms with E-state index in [1.165, 1.54) is 12.3 Å². The van der Waals surface area contributed by atoms with Gasteiger partial charge in [-0.2, -0.15) is 5.10 Å². The summed E-state index contributed by atoms with van der Waals surface area (Å²) >= 11 is 0. The van der Waals surface area contributed by atoms with E-state index in [0.717, 1.165) is 17.5 Å². The Labute approximate surface area is 149 Å². The molecule has 9 heteroatoms. The molecule has 0 saturated heterocycles. The molecule has 0 radical (unpaired) electrons. The summed E-state index contributed by atoms with van der Waals surface area (Å²) in [7, 11) is -4.47. The lowest BCUT2D eigenvalue weighted by molar-refractivity contribution is 0.580. The Bertz CT molecular complexity index is 857. The standard InChI is InChI=1S/C16H21N3O4S2/c1-24(21)11-12-25(22,23)17-10-2-3-13-4-6-14(7-5-13)15-8-9-16(20)19-18-15/h4-9,17H,2-3,10-12H2,1H3,(H,19,20). The van der Waals surface area contributed by atoms with Crippen molar-refractivity contribution in [2.24, 2.45) is 0 Å². The van der Waals surface area contributed by atoms with Gasteiger partial charge in [-0.1, -0.05) is 24.3 Å². The SMILES string of the molecule is CS(=O)CCS(=O)(=O)NCCCc1ccc(-c2ccc(=O)[nH]n2)cc1. The molecule has 0 aliphatic heterocycles. The fraction of sp³-hybridized carbons (Fsp3) is 0.375. The predicted octanol–water partition coefficient (Wildman–Crippen LogP) is 0.667. The van der Waals surface area contributed by atoms with Gasteiger partial charge >= 0.3 is 0 Å². The van der Waals surface area contributed by atoms with Gasteiger partial charge in [-0.15, -0.1) is 0 Å². The molecule has 2 rings (SSSR count). The van der Waals surface area contributed by atoms with Crippen LogP contribution in [0.4, 0.5) is 0 Å². The largest absolute Gasteiger partial charge is 0.268 e. The zero-order chi connectivity index (χ0) is 18.3. The lowest BCUT2D eigenvalue weighted by Crippen LogP contribution is -2.29. The third-order valence-corrected chi connectivity index (χ3v) is 5.96. The van der Waals surface area contributed by atoms with Crippen molar-refractivity contribution >= 4 is 20.8 Å². The maximum Gasteiger partial charge on any atom is 0.264 e. The fourth-order valence-corrected chi connectivity index (χ4v) is 4.58.